The molecule has 0 aliphatic carbocycles. The van der Waals surface area contributed by atoms with E-state index in [0.29, 0.717) is 36.6 Å². The third-order valence-electron chi connectivity index (χ3n) is 4.68. The van der Waals surface area contributed by atoms with Crippen molar-refractivity contribution in [3.63, 3.8) is 0 Å². The summed E-state index contributed by atoms with van der Waals surface area (Å²) in [7, 11) is -3.58. The maximum absolute atomic E-state index is 13.1. The molecule has 0 unspecified atom stereocenters. The van der Waals surface area contributed by atoms with E-state index < -0.39 is 10.0 Å². The minimum Gasteiger partial charge on any atom is -0.375 e. The Morgan fingerprint density at radius 3 is 2.62 bits per heavy atom. The van der Waals surface area contributed by atoms with Crippen LogP contribution in [0.5, 0.6) is 0 Å². The molecule has 2 atom stereocenters. The van der Waals surface area contributed by atoms with E-state index in [4.69, 9.17) is 4.74 Å². The van der Waals surface area contributed by atoms with Gasteiger partial charge in [0.05, 0.1) is 17.6 Å². The standard InChI is InChI=1S/C17H24N2O4S/c1-12-9-15(18-8-4-5-17(18)20)6-7-16(12)24(21,22)19-10-14(3)23-11-13(19)2/h6-7,9,13-14H,4-5,8,10-11H2,1-3H3/t13-,14-/m1/s1. The summed E-state index contributed by atoms with van der Waals surface area (Å²) in [4.78, 5) is 13.9. The molecule has 2 aliphatic heterocycles. The largest absolute Gasteiger partial charge is 0.375 e. The maximum atomic E-state index is 13.1. The van der Waals surface area contributed by atoms with Crippen LogP contribution in [0.3, 0.4) is 0 Å². The van der Waals surface area contributed by atoms with E-state index in [-0.39, 0.29) is 18.1 Å². The molecule has 0 bridgehead atoms. The van der Waals surface area contributed by atoms with Gasteiger partial charge in [0, 0.05) is 31.2 Å². The first-order valence-corrected chi connectivity index (χ1v) is 9.79. The van der Waals surface area contributed by atoms with Gasteiger partial charge in [0.25, 0.3) is 0 Å². The summed E-state index contributed by atoms with van der Waals surface area (Å²) in [5.41, 5.74) is 1.44. The number of sulfonamides is 1. The molecule has 0 spiro atoms. The van der Waals surface area contributed by atoms with Crippen LogP contribution >= 0.6 is 0 Å². The zero-order chi connectivity index (χ0) is 17.5. The van der Waals surface area contributed by atoms with Crippen molar-refractivity contribution in [3.05, 3.63) is 23.8 Å². The third-order valence-corrected chi connectivity index (χ3v) is 6.82. The number of ether oxygens (including phenoxy) is 1. The molecule has 6 nitrogen and oxygen atoms in total. The van der Waals surface area contributed by atoms with Gasteiger partial charge >= 0.3 is 0 Å². The van der Waals surface area contributed by atoms with E-state index in [1.54, 1.807) is 30.0 Å². The number of amides is 1. The van der Waals surface area contributed by atoms with Gasteiger partial charge in [-0.15, -0.1) is 0 Å². The van der Waals surface area contributed by atoms with Crippen LogP contribution in [-0.2, 0) is 19.6 Å². The van der Waals surface area contributed by atoms with Gasteiger partial charge in [-0.2, -0.15) is 4.31 Å². The summed E-state index contributed by atoms with van der Waals surface area (Å²) in [6, 6.07) is 4.96. The highest BCUT2D eigenvalue weighted by Crippen LogP contribution is 2.29. The lowest BCUT2D eigenvalue weighted by Gasteiger charge is -2.36. The molecule has 0 radical (unpaired) electrons. The third kappa shape index (κ3) is 3.08. The van der Waals surface area contributed by atoms with Crippen LogP contribution in [0, 0.1) is 6.92 Å². The Morgan fingerprint density at radius 1 is 1.25 bits per heavy atom. The Morgan fingerprint density at radius 2 is 2.00 bits per heavy atom. The minimum atomic E-state index is -3.58. The van der Waals surface area contributed by atoms with Gasteiger partial charge in [-0.1, -0.05) is 0 Å². The van der Waals surface area contributed by atoms with Gasteiger partial charge in [0.2, 0.25) is 15.9 Å². The second-order valence-electron chi connectivity index (χ2n) is 6.67. The molecule has 2 fully saturated rings. The molecule has 2 heterocycles. The van der Waals surface area contributed by atoms with Crippen molar-refractivity contribution in [2.75, 3.05) is 24.6 Å². The summed E-state index contributed by atoms with van der Waals surface area (Å²) in [6.45, 7) is 6.97. The number of carbonyl (C=O) groups excluding carboxylic acids is 1. The molecule has 0 N–H and O–H groups in total. The molecule has 3 rings (SSSR count). The topological polar surface area (TPSA) is 66.9 Å². The average Bonchev–Trinajstić information content (AvgIpc) is 2.95. The van der Waals surface area contributed by atoms with Crippen molar-refractivity contribution >= 4 is 21.6 Å². The number of morpholine rings is 1. The predicted molar refractivity (Wildman–Crippen MR) is 91.5 cm³/mol. The number of anilines is 1. The Bertz CT molecular complexity index is 747. The molecule has 0 aromatic heterocycles. The highest BCUT2D eigenvalue weighted by Gasteiger charge is 2.35. The molecule has 2 aliphatic rings. The monoisotopic (exact) mass is 352 g/mol. The van der Waals surface area contributed by atoms with Crippen LogP contribution in [-0.4, -0.2) is 50.5 Å². The van der Waals surface area contributed by atoms with Gasteiger partial charge in [0.15, 0.2) is 0 Å². The van der Waals surface area contributed by atoms with Gasteiger partial charge < -0.3 is 9.64 Å². The fourth-order valence-corrected chi connectivity index (χ4v) is 5.25. The van der Waals surface area contributed by atoms with Crippen molar-refractivity contribution in [2.45, 2.75) is 50.7 Å². The molecule has 2 saturated heterocycles. The number of hydrogen-bond acceptors (Lipinski definition) is 4. The van der Waals surface area contributed by atoms with E-state index >= 15 is 0 Å². The number of nitrogens with zero attached hydrogens (tertiary/aromatic N) is 2. The minimum absolute atomic E-state index is 0.0978. The van der Waals surface area contributed by atoms with E-state index in [9.17, 15) is 13.2 Å². The summed E-state index contributed by atoms with van der Waals surface area (Å²) in [5, 5.41) is 0. The van der Waals surface area contributed by atoms with Crippen LogP contribution in [0.25, 0.3) is 0 Å². The predicted octanol–water partition coefficient (Wildman–Crippen LogP) is 1.92. The smallest absolute Gasteiger partial charge is 0.243 e. The maximum Gasteiger partial charge on any atom is 0.243 e. The molecule has 0 saturated carbocycles. The summed E-state index contributed by atoms with van der Waals surface area (Å²) in [6.07, 6.45) is 1.29. The summed E-state index contributed by atoms with van der Waals surface area (Å²) in [5.74, 6) is 0.0978. The van der Waals surface area contributed by atoms with E-state index in [2.05, 4.69) is 0 Å². The Labute approximate surface area is 143 Å². The molecular weight excluding hydrogens is 328 g/mol. The zero-order valence-electron chi connectivity index (χ0n) is 14.4. The number of benzene rings is 1. The molecule has 132 valence electrons. The lowest BCUT2D eigenvalue weighted by molar-refractivity contribution is -0.117. The number of aryl methyl sites for hydroxylation is 1. The molecule has 1 aromatic carbocycles. The Balaban J connectivity index is 1.92. The Hall–Kier alpha value is -1.44. The highest BCUT2D eigenvalue weighted by molar-refractivity contribution is 7.89. The second kappa shape index (κ2) is 6.46. The first-order chi connectivity index (χ1) is 11.3. The Kier molecular flexibility index (Phi) is 4.68. The number of carbonyl (C=O) groups is 1. The first-order valence-electron chi connectivity index (χ1n) is 8.35. The molecule has 24 heavy (non-hydrogen) atoms. The van der Waals surface area contributed by atoms with Gasteiger partial charge in [-0.25, -0.2) is 8.42 Å². The van der Waals surface area contributed by atoms with E-state index in [1.807, 2.05) is 13.8 Å². The normalized spacial score (nSPS) is 26.1. The van der Waals surface area contributed by atoms with E-state index in [0.717, 1.165) is 12.1 Å². The van der Waals surface area contributed by atoms with Crippen molar-refractivity contribution in [1.29, 1.82) is 0 Å². The van der Waals surface area contributed by atoms with E-state index in [1.165, 1.54) is 4.31 Å². The fourth-order valence-electron chi connectivity index (χ4n) is 3.35. The quantitative estimate of drug-likeness (QED) is 0.833. The SMILES string of the molecule is Cc1cc(N2CCCC2=O)ccc1S(=O)(=O)N1C[C@@H](C)OC[C@H]1C. The average molecular weight is 352 g/mol. The lowest BCUT2D eigenvalue weighted by Crippen LogP contribution is -2.50. The fraction of sp³-hybridized carbons (Fsp3) is 0.588. The van der Waals surface area contributed by atoms with Crippen molar-refractivity contribution < 1.29 is 17.9 Å². The zero-order valence-corrected chi connectivity index (χ0v) is 15.2. The van der Waals surface area contributed by atoms with Crippen molar-refractivity contribution in [1.82, 2.24) is 4.31 Å². The molecule has 7 heteroatoms. The van der Waals surface area contributed by atoms with Gasteiger partial charge in [-0.3, -0.25) is 4.79 Å². The van der Waals surface area contributed by atoms with Gasteiger partial charge in [0.1, 0.15) is 0 Å². The van der Waals surface area contributed by atoms with Crippen molar-refractivity contribution in [3.8, 4) is 0 Å². The second-order valence-corrected chi connectivity index (χ2v) is 8.53. The van der Waals surface area contributed by atoms with Crippen LogP contribution in [0.4, 0.5) is 5.69 Å². The lowest BCUT2D eigenvalue weighted by atomic mass is 10.2. The van der Waals surface area contributed by atoms with Crippen LogP contribution in [0.15, 0.2) is 23.1 Å². The van der Waals surface area contributed by atoms with Crippen LogP contribution in [0.2, 0.25) is 0 Å². The summed E-state index contributed by atoms with van der Waals surface area (Å²) >= 11 is 0. The first kappa shape index (κ1) is 17.4. The molecular formula is C17H24N2O4S. The van der Waals surface area contributed by atoms with Gasteiger partial charge in [-0.05, 0) is 51.0 Å². The number of rotatable bonds is 3. The highest BCUT2D eigenvalue weighted by atomic mass is 32.2. The van der Waals surface area contributed by atoms with Crippen molar-refractivity contribution in [2.24, 2.45) is 0 Å². The van der Waals surface area contributed by atoms with Crippen LogP contribution < -0.4 is 4.90 Å². The van der Waals surface area contributed by atoms with Crippen LogP contribution in [0.1, 0.15) is 32.3 Å². The summed E-state index contributed by atoms with van der Waals surface area (Å²) < 4.78 is 33.1. The number of hydrogen-bond donors (Lipinski definition) is 0. The molecule has 1 aromatic rings. The molecule has 1 amide bonds.